The van der Waals surface area contributed by atoms with E-state index < -0.39 is 5.60 Å². The molecule has 1 aromatic rings. The van der Waals surface area contributed by atoms with Crippen LogP contribution < -0.4 is 15.5 Å². The molecule has 2 N–H and O–H groups in total. The number of nitrogens with one attached hydrogen (secondary N) is 2. The smallest absolute Gasteiger partial charge is 0.252 e. The minimum absolute atomic E-state index is 0.0113. The third-order valence-corrected chi connectivity index (χ3v) is 5.16. The topological polar surface area (TPSA) is 66.5 Å². The number of methoxy groups -OCH3 is 1. The lowest BCUT2D eigenvalue weighted by molar-refractivity contribution is -0.146. The summed E-state index contributed by atoms with van der Waals surface area (Å²) in [5.74, 6) is 1.01. The van der Waals surface area contributed by atoms with Crippen molar-refractivity contribution in [2.75, 3.05) is 38.2 Å². The number of amides is 1. The van der Waals surface area contributed by atoms with E-state index in [0.717, 1.165) is 37.6 Å². The molecule has 0 aromatic carbocycles. The summed E-state index contributed by atoms with van der Waals surface area (Å²) < 4.78 is 5.58. The summed E-state index contributed by atoms with van der Waals surface area (Å²) in [7, 11) is 1.63. The van der Waals surface area contributed by atoms with Crippen molar-refractivity contribution in [3.8, 4) is 0 Å². The van der Waals surface area contributed by atoms with Crippen LogP contribution in [0.4, 0.5) is 5.82 Å². The maximum atomic E-state index is 12.6. The molecule has 6 nitrogen and oxygen atoms in total. The van der Waals surface area contributed by atoms with Crippen molar-refractivity contribution in [1.29, 1.82) is 0 Å². The van der Waals surface area contributed by atoms with Crippen LogP contribution in [0.15, 0.2) is 18.3 Å². The number of hydrogen-bond acceptors (Lipinski definition) is 5. The number of rotatable bonds is 5. The molecular weight excluding hydrogens is 304 g/mol. The van der Waals surface area contributed by atoms with Crippen molar-refractivity contribution in [2.24, 2.45) is 0 Å². The molecule has 0 bridgehead atoms. The van der Waals surface area contributed by atoms with Crippen molar-refractivity contribution in [3.05, 3.63) is 23.9 Å². The summed E-state index contributed by atoms with van der Waals surface area (Å²) in [6.07, 6.45) is 7.03. The predicted molar refractivity (Wildman–Crippen MR) is 94.0 cm³/mol. The van der Waals surface area contributed by atoms with Gasteiger partial charge in [0.15, 0.2) is 0 Å². The van der Waals surface area contributed by atoms with E-state index in [-0.39, 0.29) is 5.91 Å². The van der Waals surface area contributed by atoms with Crippen LogP contribution in [-0.4, -0.2) is 49.8 Å². The number of aromatic nitrogens is 1. The maximum Gasteiger partial charge on any atom is 0.252 e. The third-order valence-electron chi connectivity index (χ3n) is 5.16. The molecule has 3 heterocycles. The monoisotopic (exact) mass is 332 g/mol. The fraction of sp³-hybridized carbons (Fsp3) is 0.667. The van der Waals surface area contributed by atoms with Crippen LogP contribution in [0.5, 0.6) is 0 Å². The Morgan fingerprint density at radius 3 is 2.79 bits per heavy atom. The molecule has 1 aromatic heterocycles. The first-order valence-corrected chi connectivity index (χ1v) is 8.98. The average Bonchev–Trinajstić information content (AvgIpc) is 2.67. The quantitative estimate of drug-likeness (QED) is 0.854. The molecule has 0 aliphatic carbocycles. The molecule has 0 radical (unpaired) electrons. The van der Waals surface area contributed by atoms with Gasteiger partial charge >= 0.3 is 0 Å². The van der Waals surface area contributed by atoms with Gasteiger partial charge in [0.2, 0.25) is 0 Å². The van der Waals surface area contributed by atoms with E-state index in [1.165, 1.54) is 19.3 Å². The standard InChI is InChI=1S/C18H28N4O2/c1-24-18(6-9-19-10-7-18)17(23)21-14-15-5-8-20-16(13-15)22-11-3-2-4-12-22/h5,8,13,19H,2-4,6-7,9-12,14H2,1H3,(H,21,23). The number of anilines is 1. The number of pyridine rings is 1. The summed E-state index contributed by atoms with van der Waals surface area (Å²) in [5.41, 5.74) is 0.396. The van der Waals surface area contributed by atoms with Crippen molar-refractivity contribution in [1.82, 2.24) is 15.6 Å². The van der Waals surface area contributed by atoms with Gasteiger partial charge < -0.3 is 20.3 Å². The number of ether oxygens (including phenoxy) is 1. The molecular formula is C18H28N4O2. The van der Waals surface area contributed by atoms with Gasteiger partial charge in [-0.1, -0.05) is 0 Å². The van der Waals surface area contributed by atoms with Crippen LogP contribution in [0, 0.1) is 0 Å². The van der Waals surface area contributed by atoms with E-state index in [1.807, 2.05) is 12.3 Å². The van der Waals surface area contributed by atoms with Crippen LogP contribution in [0.1, 0.15) is 37.7 Å². The Balaban J connectivity index is 1.60. The van der Waals surface area contributed by atoms with Gasteiger partial charge in [-0.25, -0.2) is 4.98 Å². The Bertz CT molecular complexity index is 552. The lowest BCUT2D eigenvalue weighted by Gasteiger charge is -2.34. The molecule has 2 saturated heterocycles. The van der Waals surface area contributed by atoms with Crippen LogP contribution in [0.2, 0.25) is 0 Å². The highest BCUT2D eigenvalue weighted by atomic mass is 16.5. The highest BCUT2D eigenvalue weighted by Crippen LogP contribution is 2.23. The first kappa shape index (κ1) is 17.2. The van der Waals surface area contributed by atoms with E-state index in [2.05, 4.69) is 26.6 Å². The van der Waals surface area contributed by atoms with Crippen molar-refractivity contribution in [3.63, 3.8) is 0 Å². The van der Waals surface area contributed by atoms with Gasteiger partial charge in [-0.3, -0.25) is 4.79 Å². The van der Waals surface area contributed by atoms with Crippen LogP contribution in [0.25, 0.3) is 0 Å². The van der Waals surface area contributed by atoms with Gasteiger partial charge in [-0.15, -0.1) is 0 Å². The Morgan fingerprint density at radius 1 is 1.33 bits per heavy atom. The summed E-state index contributed by atoms with van der Waals surface area (Å²) in [5, 5.41) is 6.33. The summed E-state index contributed by atoms with van der Waals surface area (Å²) in [4.78, 5) is 19.4. The Labute approximate surface area is 144 Å². The van der Waals surface area contributed by atoms with E-state index >= 15 is 0 Å². The number of hydrogen-bond donors (Lipinski definition) is 2. The zero-order valence-corrected chi connectivity index (χ0v) is 14.5. The molecule has 2 aliphatic heterocycles. The minimum atomic E-state index is -0.687. The molecule has 132 valence electrons. The molecule has 0 unspecified atom stereocenters. The van der Waals surface area contributed by atoms with E-state index in [4.69, 9.17) is 4.74 Å². The van der Waals surface area contributed by atoms with Gasteiger partial charge in [0.25, 0.3) is 5.91 Å². The Hall–Kier alpha value is -1.66. The summed E-state index contributed by atoms with van der Waals surface area (Å²) in [6.45, 7) is 4.29. The summed E-state index contributed by atoms with van der Waals surface area (Å²) in [6, 6.07) is 4.06. The van der Waals surface area contributed by atoms with Crippen molar-refractivity contribution >= 4 is 11.7 Å². The minimum Gasteiger partial charge on any atom is -0.368 e. The third kappa shape index (κ3) is 3.87. The van der Waals surface area contributed by atoms with Gasteiger partial charge in [-0.05, 0) is 62.9 Å². The fourth-order valence-corrected chi connectivity index (χ4v) is 3.56. The molecule has 1 amide bonds. The Morgan fingerprint density at radius 2 is 2.08 bits per heavy atom. The van der Waals surface area contributed by atoms with E-state index in [0.29, 0.717) is 19.4 Å². The van der Waals surface area contributed by atoms with Gasteiger partial charge in [0.1, 0.15) is 11.4 Å². The molecule has 0 saturated carbocycles. The first-order valence-electron chi connectivity index (χ1n) is 8.98. The number of carbonyl (C=O) groups is 1. The number of carbonyl (C=O) groups excluding carboxylic acids is 1. The zero-order valence-electron chi connectivity index (χ0n) is 14.5. The molecule has 24 heavy (non-hydrogen) atoms. The molecule has 0 atom stereocenters. The number of piperidine rings is 2. The molecule has 3 rings (SSSR count). The molecule has 2 aliphatic rings. The lowest BCUT2D eigenvalue weighted by Crippen LogP contribution is -2.53. The van der Waals surface area contributed by atoms with Gasteiger partial charge in [0.05, 0.1) is 0 Å². The second kappa shape index (κ2) is 7.94. The number of nitrogens with zero attached hydrogens (tertiary/aromatic N) is 2. The molecule has 6 heteroatoms. The van der Waals surface area contributed by atoms with Gasteiger partial charge in [-0.2, -0.15) is 0 Å². The summed E-state index contributed by atoms with van der Waals surface area (Å²) >= 11 is 0. The van der Waals surface area contributed by atoms with Gasteiger partial charge in [0, 0.05) is 32.9 Å². The molecule has 0 spiro atoms. The van der Waals surface area contributed by atoms with Crippen LogP contribution >= 0.6 is 0 Å². The highest BCUT2D eigenvalue weighted by Gasteiger charge is 2.39. The van der Waals surface area contributed by atoms with Crippen LogP contribution in [0.3, 0.4) is 0 Å². The normalized spacial score (nSPS) is 20.6. The zero-order chi connectivity index (χ0) is 16.8. The highest BCUT2D eigenvalue weighted by molar-refractivity contribution is 5.85. The van der Waals surface area contributed by atoms with E-state index in [1.54, 1.807) is 7.11 Å². The Kier molecular flexibility index (Phi) is 5.68. The van der Waals surface area contributed by atoms with Crippen LogP contribution in [-0.2, 0) is 16.1 Å². The SMILES string of the molecule is COC1(C(=O)NCc2ccnc(N3CCCCC3)c2)CCNCC1. The predicted octanol–water partition coefficient (Wildman–Crippen LogP) is 1.46. The average molecular weight is 332 g/mol. The fourth-order valence-electron chi connectivity index (χ4n) is 3.56. The maximum absolute atomic E-state index is 12.6. The second-order valence-electron chi connectivity index (χ2n) is 6.70. The van der Waals surface area contributed by atoms with Crippen molar-refractivity contribution in [2.45, 2.75) is 44.2 Å². The largest absolute Gasteiger partial charge is 0.368 e. The van der Waals surface area contributed by atoms with E-state index in [9.17, 15) is 4.79 Å². The lowest BCUT2D eigenvalue weighted by atomic mass is 9.91. The molecule has 2 fully saturated rings. The second-order valence-corrected chi connectivity index (χ2v) is 6.70. The first-order chi connectivity index (χ1) is 11.7. The van der Waals surface area contributed by atoms with Crippen molar-refractivity contribution < 1.29 is 9.53 Å².